The van der Waals surface area contributed by atoms with Crippen LogP contribution in [0.2, 0.25) is 0 Å². The fraction of sp³-hybridized carbons (Fsp3) is 0.294. The summed E-state index contributed by atoms with van der Waals surface area (Å²) in [4.78, 5) is 29.9. The first-order valence-corrected chi connectivity index (χ1v) is 8.07. The minimum Gasteiger partial charge on any atom is -0.362 e. The number of carbonyl (C=O) groups is 1. The van der Waals surface area contributed by atoms with E-state index in [9.17, 15) is 28.1 Å². The number of rotatable bonds is 3. The lowest BCUT2D eigenvalue weighted by atomic mass is 10.1. The lowest BCUT2D eigenvalue weighted by molar-refractivity contribution is -0.384. The highest BCUT2D eigenvalue weighted by Gasteiger charge is 2.34. The Labute approximate surface area is 152 Å². The molecule has 0 spiro atoms. The zero-order valence-corrected chi connectivity index (χ0v) is 14.0. The van der Waals surface area contributed by atoms with Gasteiger partial charge in [-0.3, -0.25) is 19.9 Å². The Morgan fingerprint density at radius 1 is 1.07 bits per heavy atom. The number of alkyl halides is 3. The summed E-state index contributed by atoms with van der Waals surface area (Å²) in [6, 6.07) is 5.67. The molecule has 3 rings (SSSR count). The van der Waals surface area contributed by atoms with Gasteiger partial charge in [-0.05, 0) is 24.3 Å². The molecule has 2 aromatic rings. The van der Waals surface area contributed by atoms with Gasteiger partial charge in [0.1, 0.15) is 5.69 Å². The van der Waals surface area contributed by atoms with Gasteiger partial charge in [-0.15, -0.1) is 0 Å². The standard InChI is InChI=1S/C17H15F3N4O3/c18-17(19,20)13-1-2-14(15(11-13)24(26)27)22-7-9-23(10-8-22)16(25)12-3-5-21-6-4-12/h1-6,11H,7-10H2. The van der Waals surface area contributed by atoms with E-state index < -0.39 is 22.4 Å². The number of carbonyl (C=O) groups excluding carboxylic acids is 1. The van der Waals surface area contributed by atoms with Crippen molar-refractivity contribution in [2.75, 3.05) is 31.1 Å². The molecule has 1 aliphatic rings. The number of halogens is 3. The van der Waals surface area contributed by atoms with Crippen molar-refractivity contribution in [1.29, 1.82) is 0 Å². The van der Waals surface area contributed by atoms with Crippen LogP contribution in [0.15, 0.2) is 42.7 Å². The van der Waals surface area contributed by atoms with Crippen molar-refractivity contribution in [1.82, 2.24) is 9.88 Å². The summed E-state index contributed by atoms with van der Waals surface area (Å²) < 4.78 is 38.5. The molecular formula is C17H15F3N4O3. The van der Waals surface area contributed by atoms with Gasteiger partial charge in [0.05, 0.1) is 10.5 Å². The van der Waals surface area contributed by atoms with Gasteiger partial charge >= 0.3 is 6.18 Å². The summed E-state index contributed by atoms with van der Waals surface area (Å²) in [6.07, 6.45) is -1.64. The molecule has 1 aromatic heterocycles. The number of aromatic nitrogens is 1. The Balaban J connectivity index is 1.76. The molecule has 10 heteroatoms. The highest BCUT2D eigenvalue weighted by Crippen LogP contribution is 2.36. The van der Waals surface area contributed by atoms with Crippen LogP contribution in [0.5, 0.6) is 0 Å². The highest BCUT2D eigenvalue weighted by molar-refractivity contribution is 5.94. The number of nitro benzene ring substituents is 1. The molecule has 0 radical (unpaired) electrons. The second kappa shape index (κ2) is 7.22. The number of anilines is 1. The van der Waals surface area contributed by atoms with Crippen molar-refractivity contribution in [2.24, 2.45) is 0 Å². The third-order valence-electron chi connectivity index (χ3n) is 4.33. The number of benzene rings is 1. The summed E-state index contributed by atoms with van der Waals surface area (Å²) in [5, 5.41) is 11.2. The maximum absolute atomic E-state index is 12.8. The summed E-state index contributed by atoms with van der Waals surface area (Å²) in [5.41, 5.74) is -1.06. The van der Waals surface area contributed by atoms with Gasteiger partial charge in [0.2, 0.25) is 0 Å². The van der Waals surface area contributed by atoms with Crippen LogP contribution in [0.4, 0.5) is 24.5 Å². The van der Waals surface area contributed by atoms with Crippen LogP contribution in [0, 0.1) is 10.1 Å². The van der Waals surface area contributed by atoms with E-state index in [0.29, 0.717) is 24.7 Å². The van der Waals surface area contributed by atoms with Crippen LogP contribution in [0.3, 0.4) is 0 Å². The predicted molar refractivity (Wildman–Crippen MR) is 90.5 cm³/mol. The zero-order valence-electron chi connectivity index (χ0n) is 14.0. The van der Waals surface area contributed by atoms with E-state index in [0.717, 1.165) is 12.1 Å². The largest absolute Gasteiger partial charge is 0.416 e. The maximum Gasteiger partial charge on any atom is 0.416 e. The predicted octanol–water partition coefficient (Wildman–Crippen LogP) is 2.97. The van der Waals surface area contributed by atoms with Crippen LogP contribution in [-0.2, 0) is 6.18 Å². The molecule has 0 N–H and O–H groups in total. The lowest BCUT2D eigenvalue weighted by Crippen LogP contribution is -2.49. The van der Waals surface area contributed by atoms with E-state index >= 15 is 0 Å². The number of nitro groups is 1. The third kappa shape index (κ3) is 3.99. The lowest BCUT2D eigenvalue weighted by Gasteiger charge is -2.36. The molecule has 142 valence electrons. The number of piperazine rings is 1. The van der Waals surface area contributed by atoms with Crippen LogP contribution < -0.4 is 4.90 Å². The van der Waals surface area contributed by atoms with Crippen molar-refractivity contribution < 1.29 is 22.9 Å². The van der Waals surface area contributed by atoms with Gasteiger partial charge < -0.3 is 9.80 Å². The van der Waals surface area contributed by atoms with Gasteiger partial charge in [-0.1, -0.05) is 0 Å². The van der Waals surface area contributed by atoms with Crippen molar-refractivity contribution in [3.05, 3.63) is 64.0 Å². The Bertz CT molecular complexity index is 850. The van der Waals surface area contributed by atoms with Gasteiger partial charge in [0.15, 0.2) is 0 Å². The second-order valence-corrected chi connectivity index (χ2v) is 5.97. The average Bonchev–Trinajstić information content (AvgIpc) is 2.67. The van der Waals surface area contributed by atoms with Gasteiger partial charge in [0.25, 0.3) is 11.6 Å². The quantitative estimate of drug-likeness (QED) is 0.604. The number of amides is 1. The smallest absolute Gasteiger partial charge is 0.362 e. The number of hydrogen-bond acceptors (Lipinski definition) is 5. The number of pyridine rings is 1. The topological polar surface area (TPSA) is 79.6 Å². The van der Waals surface area contributed by atoms with E-state index in [1.54, 1.807) is 21.9 Å². The van der Waals surface area contributed by atoms with E-state index in [4.69, 9.17) is 0 Å². The first kappa shape index (κ1) is 18.6. The molecule has 1 fully saturated rings. The van der Waals surface area contributed by atoms with Gasteiger partial charge in [0, 0.05) is 50.2 Å². The molecule has 0 unspecified atom stereocenters. The SMILES string of the molecule is O=C(c1ccncc1)N1CCN(c2ccc(C(F)(F)F)cc2[N+](=O)[O-])CC1. The maximum atomic E-state index is 12.8. The van der Waals surface area contributed by atoms with Crippen molar-refractivity contribution in [3.63, 3.8) is 0 Å². The third-order valence-corrected chi connectivity index (χ3v) is 4.33. The van der Waals surface area contributed by atoms with E-state index in [-0.39, 0.29) is 24.7 Å². The highest BCUT2D eigenvalue weighted by atomic mass is 19.4. The summed E-state index contributed by atoms with van der Waals surface area (Å²) >= 11 is 0. The molecule has 0 atom stereocenters. The summed E-state index contributed by atoms with van der Waals surface area (Å²) in [6.45, 7) is 1.17. The molecule has 0 aliphatic carbocycles. The fourth-order valence-corrected chi connectivity index (χ4v) is 2.94. The second-order valence-electron chi connectivity index (χ2n) is 5.97. The Morgan fingerprint density at radius 3 is 2.26 bits per heavy atom. The zero-order chi connectivity index (χ0) is 19.6. The molecule has 27 heavy (non-hydrogen) atoms. The fourth-order valence-electron chi connectivity index (χ4n) is 2.94. The Kier molecular flexibility index (Phi) is 4.98. The molecule has 1 amide bonds. The first-order chi connectivity index (χ1) is 12.8. The van der Waals surface area contributed by atoms with Crippen molar-refractivity contribution >= 4 is 17.3 Å². The van der Waals surface area contributed by atoms with Crippen LogP contribution in [0.25, 0.3) is 0 Å². The minimum atomic E-state index is -4.65. The monoisotopic (exact) mass is 380 g/mol. The van der Waals surface area contributed by atoms with Crippen molar-refractivity contribution in [3.8, 4) is 0 Å². The van der Waals surface area contributed by atoms with Crippen LogP contribution in [-0.4, -0.2) is 46.9 Å². The molecule has 2 heterocycles. The van der Waals surface area contributed by atoms with Crippen LogP contribution >= 0.6 is 0 Å². The number of hydrogen-bond donors (Lipinski definition) is 0. The molecule has 0 bridgehead atoms. The van der Waals surface area contributed by atoms with Crippen LogP contribution in [0.1, 0.15) is 15.9 Å². The van der Waals surface area contributed by atoms with E-state index in [1.807, 2.05) is 0 Å². The molecule has 1 aliphatic heterocycles. The Hall–Kier alpha value is -3.17. The summed E-state index contributed by atoms with van der Waals surface area (Å²) in [7, 11) is 0. The average molecular weight is 380 g/mol. The van der Waals surface area contributed by atoms with Crippen molar-refractivity contribution in [2.45, 2.75) is 6.18 Å². The minimum absolute atomic E-state index is 0.115. The molecule has 0 saturated carbocycles. The van der Waals surface area contributed by atoms with Gasteiger partial charge in [-0.2, -0.15) is 13.2 Å². The molecule has 7 nitrogen and oxygen atoms in total. The van der Waals surface area contributed by atoms with E-state index in [1.165, 1.54) is 12.4 Å². The molecule has 1 saturated heterocycles. The van der Waals surface area contributed by atoms with E-state index in [2.05, 4.69) is 4.98 Å². The normalized spacial score (nSPS) is 14.9. The molecule has 1 aromatic carbocycles. The van der Waals surface area contributed by atoms with Gasteiger partial charge in [-0.25, -0.2) is 0 Å². The first-order valence-electron chi connectivity index (χ1n) is 8.07. The number of nitrogens with zero attached hydrogens (tertiary/aromatic N) is 4. The Morgan fingerprint density at radius 2 is 1.70 bits per heavy atom. The summed E-state index contributed by atoms with van der Waals surface area (Å²) in [5.74, 6) is -0.182. The molecular weight excluding hydrogens is 365 g/mol.